The average molecular weight is 381 g/mol. The fourth-order valence-electron chi connectivity index (χ4n) is 3.93. The highest BCUT2D eigenvalue weighted by atomic mass is 19.4. The summed E-state index contributed by atoms with van der Waals surface area (Å²) in [7, 11) is 0. The van der Waals surface area contributed by atoms with Gasteiger partial charge in [0.25, 0.3) is 0 Å². The Balaban J connectivity index is 1.63. The number of carbonyl (C=O) groups is 1. The van der Waals surface area contributed by atoms with Gasteiger partial charge in [0.05, 0.1) is 5.56 Å². The third-order valence-electron chi connectivity index (χ3n) is 5.24. The molecule has 0 N–H and O–H groups in total. The van der Waals surface area contributed by atoms with Crippen LogP contribution in [0.2, 0.25) is 0 Å². The quantitative estimate of drug-likeness (QED) is 0.614. The van der Waals surface area contributed by atoms with Gasteiger partial charge in [0.2, 0.25) is 0 Å². The van der Waals surface area contributed by atoms with Crippen molar-refractivity contribution in [3.63, 3.8) is 0 Å². The lowest BCUT2D eigenvalue weighted by molar-refractivity contribution is -0.137. The van der Waals surface area contributed by atoms with Crippen molar-refractivity contribution in [3.05, 3.63) is 40.5 Å². The summed E-state index contributed by atoms with van der Waals surface area (Å²) in [6.45, 7) is 8.63. The van der Waals surface area contributed by atoms with Crippen LogP contribution >= 0.6 is 0 Å². The molecule has 2 aliphatic rings. The number of ether oxygens (including phenoxy) is 1. The van der Waals surface area contributed by atoms with E-state index < -0.39 is 17.3 Å². The van der Waals surface area contributed by atoms with Gasteiger partial charge in [-0.15, -0.1) is 0 Å². The Morgan fingerprint density at radius 2 is 1.89 bits per heavy atom. The van der Waals surface area contributed by atoms with E-state index in [9.17, 15) is 18.0 Å². The van der Waals surface area contributed by atoms with Crippen molar-refractivity contribution in [3.8, 4) is 0 Å². The highest BCUT2D eigenvalue weighted by Crippen LogP contribution is 2.48. The third kappa shape index (κ3) is 4.47. The smallest absolute Gasteiger partial charge is 0.416 e. The molecule has 148 valence electrons. The Morgan fingerprint density at radius 1 is 1.22 bits per heavy atom. The van der Waals surface area contributed by atoms with Gasteiger partial charge in [-0.2, -0.15) is 13.2 Å². The lowest BCUT2D eigenvalue weighted by Gasteiger charge is -2.47. The molecule has 2 fully saturated rings. The molecule has 1 saturated heterocycles. The second kappa shape index (κ2) is 6.57. The van der Waals surface area contributed by atoms with Crippen molar-refractivity contribution in [1.82, 2.24) is 4.90 Å². The van der Waals surface area contributed by atoms with Crippen LogP contribution in [0.5, 0.6) is 0 Å². The van der Waals surface area contributed by atoms with Crippen molar-refractivity contribution in [2.75, 3.05) is 13.1 Å². The van der Waals surface area contributed by atoms with Crippen LogP contribution in [0.3, 0.4) is 0 Å². The monoisotopic (exact) mass is 381 g/mol. The van der Waals surface area contributed by atoms with E-state index in [4.69, 9.17) is 4.74 Å². The van der Waals surface area contributed by atoms with Crippen molar-refractivity contribution in [2.24, 2.45) is 5.41 Å². The lowest BCUT2D eigenvalue weighted by atomic mass is 9.78. The van der Waals surface area contributed by atoms with Gasteiger partial charge in [0.15, 0.2) is 0 Å². The van der Waals surface area contributed by atoms with Crippen LogP contribution in [0.25, 0.3) is 6.08 Å². The van der Waals surface area contributed by atoms with Gasteiger partial charge in [0.1, 0.15) is 5.60 Å². The first kappa shape index (κ1) is 19.8. The van der Waals surface area contributed by atoms with Crippen LogP contribution in [0.4, 0.5) is 18.0 Å². The highest BCUT2D eigenvalue weighted by molar-refractivity contribution is 5.69. The molecule has 0 aromatic heterocycles. The minimum Gasteiger partial charge on any atom is -0.444 e. The normalized spacial score (nSPS) is 20.9. The van der Waals surface area contributed by atoms with Crippen LogP contribution in [0, 0.1) is 12.3 Å². The van der Waals surface area contributed by atoms with E-state index in [1.165, 1.54) is 11.6 Å². The molecular formula is C21H26F3NO2. The molecule has 6 heteroatoms. The van der Waals surface area contributed by atoms with E-state index in [1.54, 1.807) is 17.9 Å². The Bertz CT molecular complexity index is 769. The van der Waals surface area contributed by atoms with Crippen LogP contribution in [-0.4, -0.2) is 29.7 Å². The number of amides is 1. The fourth-order valence-corrected chi connectivity index (χ4v) is 3.93. The number of allylic oxidation sites excluding steroid dienone is 1. The number of likely N-dealkylation sites (tertiary alicyclic amines) is 1. The van der Waals surface area contributed by atoms with E-state index in [0.717, 1.165) is 30.9 Å². The number of benzene rings is 1. The third-order valence-corrected chi connectivity index (χ3v) is 5.24. The van der Waals surface area contributed by atoms with Gasteiger partial charge in [-0.3, -0.25) is 0 Å². The molecular weight excluding hydrogens is 355 g/mol. The molecule has 1 aromatic rings. The summed E-state index contributed by atoms with van der Waals surface area (Å²) in [6, 6.07) is 3.88. The Morgan fingerprint density at radius 3 is 2.44 bits per heavy atom. The Kier molecular flexibility index (Phi) is 4.81. The summed E-state index contributed by atoms with van der Waals surface area (Å²) in [4.78, 5) is 13.8. The molecule has 1 spiro atoms. The van der Waals surface area contributed by atoms with Crippen LogP contribution < -0.4 is 0 Å². The minimum atomic E-state index is -4.31. The van der Waals surface area contributed by atoms with Crippen molar-refractivity contribution >= 4 is 12.2 Å². The predicted molar refractivity (Wildman–Crippen MR) is 98.2 cm³/mol. The van der Waals surface area contributed by atoms with Crippen LogP contribution in [-0.2, 0) is 10.9 Å². The zero-order chi connectivity index (χ0) is 20.0. The molecule has 0 unspecified atom stereocenters. The van der Waals surface area contributed by atoms with E-state index in [1.807, 2.05) is 26.8 Å². The summed E-state index contributed by atoms with van der Waals surface area (Å²) >= 11 is 0. The predicted octanol–water partition coefficient (Wildman–Crippen LogP) is 5.82. The summed E-state index contributed by atoms with van der Waals surface area (Å²) in [5.41, 5.74) is 1.68. The topological polar surface area (TPSA) is 29.5 Å². The second-order valence-electron chi connectivity index (χ2n) is 8.88. The summed E-state index contributed by atoms with van der Waals surface area (Å²) in [5, 5.41) is 0. The number of alkyl halides is 3. The summed E-state index contributed by atoms with van der Waals surface area (Å²) < 4.78 is 43.8. The first-order valence-corrected chi connectivity index (χ1v) is 9.22. The molecule has 3 nitrogen and oxygen atoms in total. The largest absolute Gasteiger partial charge is 0.444 e. The van der Waals surface area contributed by atoms with E-state index in [0.29, 0.717) is 18.7 Å². The highest BCUT2D eigenvalue weighted by Gasteiger charge is 2.49. The number of carbonyl (C=O) groups excluding carboxylic acids is 1. The summed E-state index contributed by atoms with van der Waals surface area (Å²) in [6.07, 6.45) is 0.225. The standard InChI is InChI=1S/C21H26F3NO2/c1-14-9-17(21(22,23)24)6-5-16(14)10-15-7-8-20(11-15)12-25(13-20)18(26)27-19(2,3)4/h5-6,9-10H,7-8,11-13H2,1-4H3. The lowest BCUT2D eigenvalue weighted by Crippen LogP contribution is -2.58. The van der Waals surface area contributed by atoms with Gasteiger partial charge < -0.3 is 9.64 Å². The van der Waals surface area contributed by atoms with E-state index >= 15 is 0 Å². The zero-order valence-corrected chi connectivity index (χ0v) is 16.2. The van der Waals surface area contributed by atoms with Gasteiger partial charge in [0, 0.05) is 18.5 Å². The maximum absolute atomic E-state index is 12.8. The fraction of sp³-hybridized carbons (Fsp3) is 0.571. The average Bonchev–Trinajstić information content (AvgIpc) is 2.89. The van der Waals surface area contributed by atoms with E-state index in [-0.39, 0.29) is 11.5 Å². The molecule has 0 radical (unpaired) electrons. The number of hydrogen-bond acceptors (Lipinski definition) is 2. The van der Waals surface area contributed by atoms with Crippen molar-refractivity contribution in [1.29, 1.82) is 0 Å². The molecule has 1 aliphatic carbocycles. The molecule has 1 amide bonds. The van der Waals surface area contributed by atoms with Gasteiger partial charge in [-0.25, -0.2) is 4.79 Å². The molecule has 27 heavy (non-hydrogen) atoms. The molecule has 3 rings (SSSR count). The van der Waals surface area contributed by atoms with E-state index in [2.05, 4.69) is 0 Å². The zero-order valence-electron chi connectivity index (χ0n) is 16.2. The molecule has 0 bridgehead atoms. The molecule has 1 aliphatic heterocycles. The molecule has 1 saturated carbocycles. The first-order valence-electron chi connectivity index (χ1n) is 9.22. The number of hydrogen-bond donors (Lipinski definition) is 0. The number of halogens is 3. The van der Waals surface area contributed by atoms with Crippen LogP contribution in [0.1, 0.15) is 56.7 Å². The molecule has 1 aromatic carbocycles. The maximum atomic E-state index is 12.8. The number of rotatable bonds is 1. The van der Waals surface area contributed by atoms with Crippen molar-refractivity contribution in [2.45, 2.75) is 58.7 Å². The van der Waals surface area contributed by atoms with Crippen LogP contribution in [0.15, 0.2) is 23.8 Å². The maximum Gasteiger partial charge on any atom is 0.416 e. The second-order valence-corrected chi connectivity index (χ2v) is 8.88. The molecule has 0 atom stereocenters. The van der Waals surface area contributed by atoms with Crippen molar-refractivity contribution < 1.29 is 22.7 Å². The SMILES string of the molecule is Cc1cc(C(F)(F)F)ccc1C=C1CCC2(C1)CN(C(=O)OC(C)(C)C)C2. The number of aryl methyl sites for hydroxylation is 1. The minimum absolute atomic E-state index is 0.0998. The van der Waals surface area contributed by atoms with Gasteiger partial charge in [-0.05, 0) is 70.2 Å². The van der Waals surface area contributed by atoms with Gasteiger partial charge in [-0.1, -0.05) is 17.7 Å². The Hall–Kier alpha value is -1.98. The van der Waals surface area contributed by atoms with Gasteiger partial charge >= 0.3 is 12.3 Å². The summed E-state index contributed by atoms with van der Waals surface area (Å²) in [5.74, 6) is 0. The number of nitrogens with zero attached hydrogens (tertiary/aromatic N) is 1. The first-order chi connectivity index (χ1) is 12.4. The Labute approximate surface area is 158 Å². The molecule has 1 heterocycles.